The molecule has 0 aliphatic carbocycles. The first-order valence-corrected chi connectivity index (χ1v) is 11.3. The summed E-state index contributed by atoms with van der Waals surface area (Å²) in [6, 6.07) is 4.86. The highest BCUT2D eigenvalue weighted by Gasteiger charge is 2.22. The molecule has 0 spiro atoms. The molecule has 150 valence electrons. The molecule has 3 rings (SSSR count). The van der Waals surface area contributed by atoms with E-state index in [1.54, 1.807) is 30.1 Å². The van der Waals surface area contributed by atoms with Crippen LogP contribution >= 0.6 is 11.3 Å². The van der Waals surface area contributed by atoms with E-state index in [1.807, 2.05) is 11.4 Å². The fraction of sp³-hybridized carbons (Fsp3) is 0.368. The fourth-order valence-electron chi connectivity index (χ4n) is 3.17. The van der Waals surface area contributed by atoms with Gasteiger partial charge in [0.05, 0.1) is 4.90 Å². The van der Waals surface area contributed by atoms with Crippen molar-refractivity contribution in [2.45, 2.75) is 44.6 Å². The Kier molecular flexibility index (Phi) is 5.87. The summed E-state index contributed by atoms with van der Waals surface area (Å²) in [5.41, 5.74) is 3.04. The Hall–Kier alpha value is -2.23. The van der Waals surface area contributed by atoms with E-state index >= 15 is 0 Å². The Morgan fingerprint density at radius 2 is 2.00 bits per heavy atom. The lowest BCUT2D eigenvalue weighted by molar-refractivity contribution is -0.133. The van der Waals surface area contributed by atoms with Gasteiger partial charge in [0.15, 0.2) is 0 Å². The second-order valence-corrected chi connectivity index (χ2v) is 9.50. The van der Waals surface area contributed by atoms with E-state index in [9.17, 15) is 18.0 Å². The van der Waals surface area contributed by atoms with E-state index in [2.05, 4.69) is 5.32 Å². The molecule has 2 heterocycles. The van der Waals surface area contributed by atoms with Gasteiger partial charge in [0, 0.05) is 36.5 Å². The minimum absolute atomic E-state index is 0.0317. The molecule has 0 atom stereocenters. The number of thiophene rings is 1. The molecule has 0 radical (unpaired) electrons. The van der Waals surface area contributed by atoms with Crippen LogP contribution in [0.1, 0.15) is 34.4 Å². The molecule has 0 saturated heterocycles. The minimum Gasteiger partial charge on any atom is -0.338 e. The highest BCUT2D eigenvalue weighted by atomic mass is 32.2. The maximum atomic E-state index is 12.4. The third-order valence-corrected chi connectivity index (χ3v) is 6.89. The molecule has 2 aromatic rings. The van der Waals surface area contributed by atoms with Gasteiger partial charge in [0.1, 0.15) is 0 Å². The first-order valence-electron chi connectivity index (χ1n) is 8.92. The van der Waals surface area contributed by atoms with Gasteiger partial charge in [0.2, 0.25) is 21.8 Å². The van der Waals surface area contributed by atoms with Crippen LogP contribution in [0.3, 0.4) is 0 Å². The lowest BCUT2D eigenvalue weighted by Crippen LogP contribution is -2.35. The van der Waals surface area contributed by atoms with Crippen molar-refractivity contribution in [3.05, 3.63) is 45.1 Å². The number of sulfonamides is 1. The predicted octanol–water partition coefficient (Wildman–Crippen LogP) is 2.32. The zero-order chi connectivity index (χ0) is 20.5. The molecule has 0 bridgehead atoms. The Morgan fingerprint density at radius 1 is 1.25 bits per heavy atom. The molecule has 3 N–H and O–H groups in total. The lowest BCUT2D eigenvalue weighted by atomic mass is 10.1. The van der Waals surface area contributed by atoms with Crippen LogP contribution in [0.15, 0.2) is 28.5 Å². The molecule has 28 heavy (non-hydrogen) atoms. The summed E-state index contributed by atoms with van der Waals surface area (Å²) in [4.78, 5) is 27.8. The van der Waals surface area contributed by atoms with Crippen molar-refractivity contribution in [1.29, 1.82) is 0 Å². The number of nitrogens with two attached hydrogens (primary N) is 1. The van der Waals surface area contributed by atoms with Crippen molar-refractivity contribution in [2.24, 2.45) is 5.14 Å². The van der Waals surface area contributed by atoms with E-state index in [-0.39, 0.29) is 29.6 Å². The average molecular weight is 422 g/mol. The van der Waals surface area contributed by atoms with Gasteiger partial charge in [-0.05, 0) is 60.5 Å². The quantitative estimate of drug-likeness (QED) is 0.772. The molecule has 7 nitrogen and oxygen atoms in total. The topological polar surface area (TPSA) is 110 Å². The number of aryl methyl sites for hydroxylation is 1. The number of benzene rings is 1. The molecule has 0 fully saturated rings. The second-order valence-electron chi connectivity index (χ2n) is 6.94. The highest BCUT2D eigenvalue weighted by molar-refractivity contribution is 7.89. The summed E-state index contributed by atoms with van der Waals surface area (Å²) >= 11 is 1.71. The van der Waals surface area contributed by atoms with Crippen LogP contribution in [-0.2, 0) is 32.6 Å². The Balaban J connectivity index is 1.60. The van der Waals surface area contributed by atoms with Crippen molar-refractivity contribution in [1.82, 2.24) is 4.90 Å². The monoisotopic (exact) mass is 421 g/mol. The summed E-state index contributed by atoms with van der Waals surface area (Å²) in [5.74, 6) is -0.395. The summed E-state index contributed by atoms with van der Waals surface area (Å²) < 4.78 is 23.2. The minimum atomic E-state index is -3.87. The molecule has 2 amide bonds. The van der Waals surface area contributed by atoms with Crippen LogP contribution < -0.4 is 10.5 Å². The van der Waals surface area contributed by atoms with Crippen LogP contribution in [0.4, 0.5) is 5.69 Å². The van der Waals surface area contributed by atoms with Crippen molar-refractivity contribution in [3.8, 4) is 0 Å². The summed E-state index contributed by atoms with van der Waals surface area (Å²) in [5, 5.41) is 9.93. The number of amides is 2. The van der Waals surface area contributed by atoms with Gasteiger partial charge in [-0.15, -0.1) is 11.3 Å². The third kappa shape index (κ3) is 4.60. The number of nitrogens with zero attached hydrogens (tertiary/aromatic N) is 1. The average Bonchev–Trinajstić information content (AvgIpc) is 3.10. The van der Waals surface area contributed by atoms with Crippen LogP contribution in [0.25, 0.3) is 0 Å². The largest absolute Gasteiger partial charge is 0.338 e. The van der Waals surface area contributed by atoms with Crippen LogP contribution in [-0.4, -0.2) is 31.7 Å². The summed E-state index contributed by atoms with van der Waals surface area (Å²) in [6.45, 7) is 4.80. The van der Waals surface area contributed by atoms with Gasteiger partial charge in [-0.2, -0.15) is 0 Å². The van der Waals surface area contributed by atoms with Crippen molar-refractivity contribution in [3.63, 3.8) is 0 Å². The van der Waals surface area contributed by atoms with Crippen molar-refractivity contribution >= 4 is 38.9 Å². The maximum absolute atomic E-state index is 12.4. The fourth-order valence-corrected chi connectivity index (χ4v) is 4.69. The molecular formula is C19H23N3O4S2. The number of anilines is 1. The van der Waals surface area contributed by atoms with Gasteiger partial charge in [-0.3, -0.25) is 9.59 Å². The number of fused-ring (bicyclic) bond motifs is 1. The first kappa shape index (κ1) is 20.5. The summed E-state index contributed by atoms with van der Waals surface area (Å²) in [6.07, 6.45) is 0.992. The van der Waals surface area contributed by atoms with Crippen molar-refractivity contribution < 1.29 is 18.0 Å². The van der Waals surface area contributed by atoms with E-state index in [4.69, 9.17) is 5.14 Å². The SMILES string of the molecule is Cc1cc(S(N)(=O)=O)cc(NC(=O)CCC(=O)N2CCc3sccc3C2)c1C. The number of hydrogen-bond donors (Lipinski definition) is 2. The van der Waals surface area contributed by atoms with Gasteiger partial charge in [-0.1, -0.05) is 0 Å². The number of nitrogens with one attached hydrogen (secondary N) is 1. The predicted molar refractivity (Wildman–Crippen MR) is 109 cm³/mol. The zero-order valence-corrected chi connectivity index (χ0v) is 17.5. The number of hydrogen-bond acceptors (Lipinski definition) is 5. The number of rotatable bonds is 5. The van der Waals surface area contributed by atoms with Crippen molar-refractivity contribution in [2.75, 3.05) is 11.9 Å². The molecule has 1 aromatic carbocycles. The van der Waals surface area contributed by atoms with E-state index in [1.165, 1.54) is 22.6 Å². The standard InChI is InChI=1S/C19H23N3O4S2/c1-12-9-15(28(20,25)26)10-16(13(12)2)21-18(23)3-4-19(24)22-7-5-17-14(11-22)6-8-27-17/h6,8-10H,3-5,7,11H2,1-2H3,(H,21,23)(H2,20,25,26). The Labute approximate surface area is 168 Å². The molecular weight excluding hydrogens is 398 g/mol. The van der Waals surface area contributed by atoms with Crippen LogP contribution in [0.5, 0.6) is 0 Å². The van der Waals surface area contributed by atoms with Gasteiger partial charge in [0.25, 0.3) is 0 Å². The zero-order valence-electron chi connectivity index (χ0n) is 15.8. The van der Waals surface area contributed by atoms with Gasteiger partial charge < -0.3 is 10.2 Å². The normalized spacial score (nSPS) is 13.9. The maximum Gasteiger partial charge on any atom is 0.238 e. The van der Waals surface area contributed by atoms with Gasteiger partial charge in [-0.25, -0.2) is 13.6 Å². The first-order chi connectivity index (χ1) is 13.1. The van der Waals surface area contributed by atoms with E-state index in [0.29, 0.717) is 24.3 Å². The van der Waals surface area contributed by atoms with Crippen LogP contribution in [0, 0.1) is 13.8 Å². The molecule has 1 aliphatic heterocycles. The molecule has 9 heteroatoms. The molecule has 1 aromatic heterocycles. The summed E-state index contributed by atoms with van der Waals surface area (Å²) in [7, 11) is -3.87. The Morgan fingerprint density at radius 3 is 2.71 bits per heavy atom. The van der Waals surface area contributed by atoms with E-state index in [0.717, 1.165) is 12.0 Å². The Bertz CT molecular complexity index is 1030. The smallest absolute Gasteiger partial charge is 0.238 e. The third-order valence-electron chi connectivity index (χ3n) is 4.97. The number of primary sulfonamides is 1. The lowest BCUT2D eigenvalue weighted by Gasteiger charge is -2.27. The number of carbonyl (C=O) groups is 2. The highest BCUT2D eigenvalue weighted by Crippen LogP contribution is 2.25. The van der Waals surface area contributed by atoms with Gasteiger partial charge >= 0.3 is 0 Å². The molecule has 0 saturated carbocycles. The number of carbonyl (C=O) groups excluding carboxylic acids is 2. The molecule has 0 unspecified atom stereocenters. The second kappa shape index (κ2) is 8.02. The van der Waals surface area contributed by atoms with Crippen LogP contribution in [0.2, 0.25) is 0 Å². The van der Waals surface area contributed by atoms with E-state index < -0.39 is 10.0 Å². The molecule has 1 aliphatic rings.